The summed E-state index contributed by atoms with van der Waals surface area (Å²) in [6.07, 6.45) is 3.21. The molecule has 0 radical (unpaired) electrons. The van der Waals surface area contributed by atoms with Crippen molar-refractivity contribution in [2.75, 3.05) is 25.6 Å². The summed E-state index contributed by atoms with van der Waals surface area (Å²) >= 11 is 0. The summed E-state index contributed by atoms with van der Waals surface area (Å²) in [7, 11) is 1.52. The Morgan fingerprint density at radius 3 is 2.66 bits per heavy atom. The second-order valence-electron chi connectivity index (χ2n) is 6.27. The summed E-state index contributed by atoms with van der Waals surface area (Å²) in [6.45, 7) is 2.74. The number of carbonyl (C=O) groups excluding carboxylic acids is 1. The zero-order valence-corrected chi connectivity index (χ0v) is 16.0. The van der Waals surface area contributed by atoms with E-state index in [1.54, 1.807) is 48.8 Å². The van der Waals surface area contributed by atoms with Crippen molar-refractivity contribution in [3.63, 3.8) is 0 Å². The van der Waals surface area contributed by atoms with E-state index in [-0.39, 0.29) is 11.9 Å². The van der Waals surface area contributed by atoms with Gasteiger partial charge in [-0.25, -0.2) is 9.97 Å². The number of ether oxygens (including phenoxy) is 4. The van der Waals surface area contributed by atoms with E-state index in [0.717, 1.165) is 5.56 Å². The van der Waals surface area contributed by atoms with Crippen LogP contribution in [0.2, 0.25) is 0 Å². The Hall–Kier alpha value is -3.81. The molecule has 8 heteroatoms. The second-order valence-corrected chi connectivity index (χ2v) is 6.27. The first-order valence-electron chi connectivity index (χ1n) is 8.98. The van der Waals surface area contributed by atoms with Crippen molar-refractivity contribution in [2.24, 2.45) is 0 Å². The first kappa shape index (κ1) is 18.5. The number of aromatic nitrogens is 2. The lowest BCUT2D eigenvalue weighted by molar-refractivity contribution is 0.102. The largest absolute Gasteiger partial charge is 0.493 e. The molecule has 0 unspecified atom stereocenters. The number of hydrogen-bond acceptors (Lipinski definition) is 7. The van der Waals surface area contributed by atoms with E-state index in [9.17, 15) is 4.79 Å². The zero-order valence-electron chi connectivity index (χ0n) is 16.0. The maximum absolute atomic E-state index is 12.8. The van der Waals surface area contributed by atoms with Gasteiger partial charge in [-0.15, -0.1) is 0 Å². The molecule has 0 spiro atoms. The minimum Gasteiger partial charge on any atom is -0.493 e. The van der Waals surface area contributed by atoms with E-state index in [0.29, 0.717) is 47.5 Å². The average molecular weight is 393 g/mol. The van der Waals surface area contributed by atoms with Gasteiger partial charge in [0.2, 0.25) is 5.75 Å². The molecule has 2 heterocycles. The van der Waals surface area contributed by atoms with E-state index < -0.39 is 0 Å². The van der Waals surface area contributed by atoms with E-state index in [1.165, 1.54) is 7.11 Å². The molecule has 2 aromatic carbocycles. The number of anilines is 1. The molecule has 1 aliphatic heterocycles. The van der Waals surface area contributed by atoms with Crippen LogP contribution >= 0.6 is 0 Å². The first-order valence-corrected chi connectivity index (χ1v) is 8.98. The van der Waals surface area contributed by atoms with Crippen LogP contribution < -0.4 is 24.3 Å². The van der Waals surface area contributed by atoms with E-state index in [2.05, 4.69) is 15.3 Å². The van der Waals surface area contributed by atoms with Gasteiger partial charge in [-0.3, -0.25) is 4.79 Å². The van der Waals surface area contributed by atoms with Gasteiger partial charge < -0.3 is 24.3 Å². The molecule has 29 heavy (non-hydrogen) atoms. The van der Waals surface area contributed by atoms with Gasteiger partial charge in [0, 0.05) is 23.6 Å². The van der Waals surface area contributed by atoms with Crippen LogP contribution in [0.15, 0.2) is 48.8 Å². The Labute approximate surface area is 167 Å². The summed E-state index contributed by atoms with van der Waals surface area (Å²) < 4.78 is 22.1. The fourth-order valence-corrected chi connectivity index (χ4v) is 2.88. The van der Waals surface area contributed by atoms with Crippen molar-refractivity contribution >= 4 is 11.6 Å². The molecule has 0 aliphatic carbocycles. The van der Waals surface area contributed by atoms with Gasteiger partial charge >= 0.3 is 6.01 Å². The number of amides is 1. The predicted octanol–water partition coefficient (Wildman–Crippen LogP) is 3.61. The molecule has 0 saturated carbocycles. The fourth-order valence-electron chi connectivity index (χ4n) is 2.88. The SMILES string of the molecule is COc1cc(C(=O)Nc2ccc(Oc3ncccn3)cc2C)cc2c1OCCO2. The zero-order chi connectivity index (χ0) is 20.2. The number of benzene rings is 2. The van der Waals surface area contributed by atoms with Crippen molar-refractivity contribution in [3.8, 4) is 29.0 Å². The van der Waals surface area contributed by atoms with Crippen LogP contribution in [-0.4, -0.2) is 36.2 Å². The van der Waals surface area contributed by atoms with Crippen LogP contribution in [0, 0.1) is 6.92 Å². The number of rotatable bonds is 5. The highest BCUT2D eigenvalue weighted by Crippen LogP contribution is 2.40. The van der Waals surface area contributed by atoms with Crippen LogP contribution in [0.1, 0.15) is 15.9 Å². The van der Waals surface area contributed by atoms with Gasteiger partial charge in [-0.05, 0) is 48.9 Å². The molecule has 0 bridgehead atoms. The summed E-state index contributed by atoms with van der Waals surface area (Å²) in [5.74, 6) is 1.74. The highest BCUT2D eigenvalue weighted by atomic mass is 16.6. The maximum Gasteiger partial charge on any atom is 0.321 e. The Morgan fingerprint density at radius 1 is 1.10 bits per heavy atom. The number of aryl methyl sites for hydroxylation is 1. The molecule has 0 atom stereocenters. The Balaban J connectivity index is 1.52. The van der Waals surface area contributed by atoms with Gasteiger partial charge in [0.05, 0.1) is 7.11 Å². The molecule has 0 fully saturated rings. The Morgan fingerprint density at radius 2 is 1.90 bits per heavy atom. The van der Waals surface area contributed by atoms with E-state index in [1.807, 2.05) is 6.92 Å². The van der Waals surface area contributed by atoms with Crippen LogP contribution in [0.3, 0.4) is 0 Å². The molecular weight excluding hydrogens is 374 g/mol. The molecule has 4 rings (SSSR count). The van der Waals surface area contributed by atoms with Crippen LogP contribution in [0.4, 0.5) is 5.69 Å². The Bertz CT molecular complexity index is 1020. The molecule has 1 aliphatic rings. The molecular formula is C21H19N3O5. The van der Waals surface area contributed by atoms with E-state index >= 15 is 0 Å². The Kier molecular flexibility index (Phi) is 5.15. The van der Waals surface area contributed by atoms with Crippen molar-refractivity contribution in [1.29, 1.82) is 0 Å². The molecule has 1 amide bonds. The van der Waals surface area contributed by atoms with Crippen LogP contribution in [0.5, 0.6) is 29.0 Å². The average Bonchev–Trinajstić information content (AvgIpc) is 2.75. The number of nitrogens with one attached hydrogen (secondary N) is 1. The number of methoxy groups -OCH3 is 1. The van der Waals surface area contributed by atoms with Crippen molar-refractivity contribution in [2.45, 2.75) is 6.92 Å². The third-order valence-corrected chi connectivity index (χ3v) is 4.29. The smallest absolute Gasteiger partial charge is 0.321 e. The molecule has 148 valence electrons. The van der Waals surface area contributed by atoms with Crippen molar-refractivity contribution in [3.05, 3.63) is 59.9 Å². The predicted molar refractivity (Wildman–Crippen MR) is 105 cm³/mol. The number of carbonyl (C=O) groups is 1. The third kappa shape index (κ3) is 4.06. The number of nitrogens with zero attached hydrogens (tertiary/aromatic N) is 2. The normalized spacial score (nSPS) is 12.2. The minimum atomic E-state index is -0.288. The van der Waals surface area contributed by atoms with Gasteiger partial charge in [-0.2, -0.15) is 0 Å². The maximum atomic E-state index is 12.8. The summed E-state index contributed by atoms with van der Waals surface area (Å²) in [6, 6.07) is 10.5. The highest BCUT2D eigenvalue weighted by Gasteiger charge is 2.21. The number of fused-ring (bicyclic) bond motifs is 1. The van der Waals surface area contributed by atoms with Crippen LogP contribution in [0.25, 0.3) is 0 Å². The van der Waals surface area contributed by atoms with Gasteiger partial charge in [0.15, 0.2) is 11.5 Å². The van der Waals surface area contributed by atoms with Crippen LogP contribution in [-0.2, 0) is 0 Å². The molecule has 1 aromatic heterocycles. The standard InChI is InChI=1S/C21H19N3O5/c1-13-10-15(29-21-22-6-3-7-23-21)4-5-16(13)24-20(25)14-11-17(26-2)19-18(12-14)27-8-9-28-19/h3-7,10-12H,8-9H2,1-2H3,(H,24,25). The van der Waals surface area contributed by atoms with Gasteiger partial charge in [0.1, 0.15) is 19.0 Å². The van der Waals surface area contributed by atoms with Gasteiger partial charge in [0.25, 0.3) is 5.91 Å². The van der Waals surface area contributed by atoms with Crippen molar-refractivity contribution in [1.82, 2.24) is 9.97 Å². The topological polar surface area (TPSA) is 91.8 Å². The lowest BCUT2D eigenvalue weighted by Gasteiger charge is -2.21. The lowest BCUT2D eigenvalue weighted by Crippen LogP contribution is -2.18. The lowest BCUT2D eigenvalue weighted by atomic mass is 10.1. The number of hydrogen-bond donors (Lipinski definition) is 1. The quantitative estimate of drug-likeness (QED) is 0.708. The highest BCUT2D eigenvalue weighted by molar-refractivity contribution is 6.05. The fraction of sp³-hybridized carbons (Fsp3) is 0.190. The first-order chi connectivity index (χ1) is 14.1. The monoisotopic (exact) mass is 393 g/mol. The molecule has 8 nitrogen and oxygen atoms in total. The minimum absolute atomic E-state index is 0.257. The summed E-state index contributed by atoms with van der Waals surface area (Å²) in [4.78, 5) is 20.8. The van der Waals surface area contributed by atoms with E-state index in [4.69, 9.17) is 18.9 Å². The third-order valence-electron chi connectivity index (χ3n) is 4.29. The summed E-state index contributed by atoms with van der Waals surface area (Å²) in [5.41, 5.74) is 1.89. The summed E-state index contributed by atoms with van der Waals surface area (Å²) in [5, 5.41) is 2.90. The van der Waals surface area contributed by atoms with Crippen molar-refractivity contribution < 1.29 is 23.7 Å². The van der Waals surface area contributed by atoms with Gasteiger partial charge in [-0.1, -0.05) is 0 Å². The molecule has 0 saturated heterocycles. The molecule has 1 N–H and O–H groups in total. The second kappa shape index (κ2) is 8.05. The molecule has 3 aromatic rings.